The van der Waals surface area contributed by atoms with Crippen molar-refractivity contribution in [2.45, 2.75) is 63.4 Å². The fraction of sp³-hybridized carbons (Fsp3) is 0.262. The van der Waals surface area contributed by atoms with Crippen LogP contribution in [0.2, 0.25) is 0 Å². The van der Waals surface area contributed by atoms with E-state index in [0.29, 0.717) is 32.0 Å². The Morgan fingerprint density at radius 2 is 0.833 bits per heavy atom. The van der Waals surface area contributed by atoms with Gasteiger partial charge in [-0.3, -0.25) is 4.79 Å². The fourth-order valence-electron chi connectivity index (χ4n) is 5.97. The van der Waals surface area contributed by atoms with Crippen molar-refractivity contribution >= 4 is 5.78 Å². The van der Waals surface area contributed by atoms with Gasteiger partial charge in [-0.2, -0.15) is 0 Å². The van der Waals surface area contributed by atoms with Crippen molar-refractivity contribution in [2.24, 2.45) is 0 Å². The zero-order valence-electron chi connectivity index (χ0n) is 27.0. The maximum atomic E-state index is 13.7. The summed E-state index contributed by atoms with van der Waals surface area (Å²) in [6.45, 7) is 1.70. The lowest BCUT2D eigenvalue weighted by atomic mass is 9.90. The van der Waals surface area contributed by atoms with Crippen LogP contribution in [0.4, 0.5) is 0 Å². The molecule has 0 amide bonds. The van der Waals surface area contributed by atoms with Crippen molar-refractivity contribution in [1.29, 1.82) is 0 Å². The average molecular weight is 643 g/mol. The monoisotopic (exact) mass is 642 g/mol. The van der Waals surface area contributed by atoms with Gasteiger partial charge in [0.15, 0.2) is 5.78 Å². The van der Waals surface area contributed by atoms with Gasteiger partial charge in [-0.1, -0.05) is 152 Å². The van der Waals surface area contributed by atoms with Crippen LogP contribution in [0.1, 0.15) is 39.0 Å². The normalized spacial score (nSPS) is 20.7. The maximum absolute atomic E-state index is 13.7. The van der Waals surface area contributed by atoms with Crippen molar-refractivity contribution < 1.29 is 28.5 Å². The highest BCUT2D eigenvalue weighted by molar-refractivity contribution is 5.96. The largest absolute Gasteiger partial charge is 0.374 e. The van der Waals surface area contributed by atoms with Gasteiger partial charge in [-0.25, -0.2) is 0 Å². The van der Waals surface area contributed by atoms with Crippen molar-refractivity contribution in [3.05, 3.63) is 179 Å². The Labute approximate surface area is 283 Å². The Balaban J connectivity index is 1.32. The van der Waals surface area contributed by atoms with Crippen molar-refractivity contribution in [2.75, 3.05) is 6.61 Å². The van der Waals surface area contributed by atoms with Crippen molar-refractivity contribution in [3.63, 3.8) is 0 Å². The molecule has 0 N–H and O–H groups in total. The lowest BCUT2D eigenvalue weighted by Crippen LogP contribution is -2.61. The molecule has 5 aromatic carbocycles. The molecule has 1 saturated heterocycles. The van der Waals surface area contributed by atoms with Crippen LogP contribution in [0.5, 0.6) is 0 Å². The number of carbonyl (C=O) groups excluding carboxylic acids is 1. The fourth-order valence-corrected chi connectivity index (χ4v) is 5.97. The van der Waals surface area contributed by atoms with Gasteiger partial charge >= 0.3 is 0 Å². The van der Waals surface area contributed by atoms with E-state index in [1.165, 1.54) is 0 Å². The van der Waals surface area contributed by atoms with Gasteiger partial charge in [0.25, 0.3) is 0 Å². The number of ketones is 1. The summed E-state index contributed by atoms with van der Waals surface area (Å²) in [5, 5.41) is 0. The van der Waals surface area contributed by atoms with E-state index in [2.05, 4.69) is 0 Å². The number of ether oxygens (including phenoxy) is 5. The second kappa shape index (κ2) is 17.6. The number of carbonyl (C=O) groups is 1. The van der Waals surface area contributed by atoms with Gasteiger partial charge in [0.05, 0.1) is 39.1 Å². The topological polar surface area (TPSA) is 63.2 Å². The van der Waals surface area contributed by atoms with E-state index in [1.54, 1.807) is 0 Å². The molecule has 0 spiro atoms. The number of hydrogen-bond acceptors (Lipinski definition) is 6. The van der Waals surface area contributed by atoms with Crippen LogP contribution in [-0.4, -0.2) is 42.9 Å². The van der Waals surface area contributed by atoms with E-state index >= 15 is 0 Å². The molecule has 0 saturated carbocycles. The first-order valence-corrected chi connectivity index (χ1v) is 16.5. The summed E-state index contributed by atoms with van der Waals surface area (Å²) in [4.78, 5) is 13.7. The third-order valence-corrected chi connectivity index (χ3v) is 8.46. The number of benzene rings is 5. The highest BCUT2D eigenvalue weighted by atomic mass is 16.6. The summed E-state index contributed by atoms with van der Waals surface area (Å²) in [6, 6.07) is 49.5. The van der Waals surface area contributed by atoms with Crippen LogP contribution < -0.4 is 0 Å². The zero-order chi connectivity index (χ0) is 32.8. The van der Waals surface area contributed by atoms with Gasteiger partial charge in [-0.15, -0.1) is 0 Å². The lowest BCUT2D eigenvalue weighted by Gasteiger charge is -2.46. The Hall–Kier alpha value is -4.43. The molecule has 5 aromatic rings. The Kier molecular flexibility index (Phi) is 12.3. The smallest absolute Gasteiger partial charge is 0.165 e. The molecule has 0 radical (unpaired) electrons. The average Bonchev–Trinajstić information content (AvgIpc) is 3.15. The van der Waals surface area contributed by atoms with Gasteiger partial charge in [0, 0.05) is 12.0 Å². The quantitative estimate of drug-likeness (QED) is 0.102. The van der Waals surface area contributed by atoms with Gasteiger partial charge in [0.1, 0.15) is 24.4 Å². The van der Waals surface area contributed by atoms with Crippen molar-refractivity contribution in [1.82, 2.24) is 0 Å². The molecule has 1 aliphatic rings. The van der Waals surface area contributed by atoms with Crippen LogP contribution in [-0.2, 0) is 50.1 Å². The van der Waals surface area contributed by atoms with Gasteiger partial charge in [0.2, 0.25) is 0 Å². The highest BCUT2D eigenvalue weighted by Gasteiger charge is 2.49. The standard InChI is InChI=1S/C42H42O6/c43-37(36-24-14-5-15-25-36)26-38-40(45-28-33-18-8-2-9-19-33)42(47-30-35-22-12-4-13-23-35)41(46-29-34-20-10-3-11-21-34)39(48-38)31-44-27-32-16-6-1-7-17-32/h1-25,38-42H,26-31H2/t38-,39+,40-,41-,42+/m0/s1. The molecule has 6 heteroatoms. The van der Waals surface area contributed by atoms with Crippen LogP contribution in [0.25, 0.3) is 0 Å². The summed E-state index contributed by atoms with van der Waals surface area (Å²) in [5.74, 6) is -0.0247. The number of Topliss-reactive ketones (excluding diaryl/α,β-unsaturated/α-hetero) is 1. The minimum Gasteiger partial charge on any atom is -0.374 e. The first-order valence-electron chi connectivity index (χ1n) is 16.5. The molecule has 6 nitrogen and oxygen atoms in total. The molecule has 0 aromatic heterocycles. The first kappa shape index (κ1) is 33.5. The van der Waals surface area contributed by atoms with Crippen LogP contribution in [0, 0.1) is 0 Å². The first-order chi connectivity index (χ1) is 23.7. The second-order valence-electron chi connectivity index (χ2n) is 12.0. The maximum Gasteiger partial charge on any atom is 0.165 e. The summed E-state index contributed by atoms with van der Waals surface area (Å²) in [5.41, 5.74) is 4.77. The molecular formula is C42H42O6. The lowest BCUT2D eigenvalue weighted by molar-refractivity contribution is -0.271. The third kappa shape index (κ3) is 9.57. The summed E-state index contributed by atoms with van der Waals surface area (Å²) in [6.07, 6.45) is -2.73. The molecular weight excluding hydrogens is 600 g/mol. The summed E-state index contributed by atoms with van der Waals surface area (Å²) < 4.78 is 33.3. The number of rotatable bonds is 16. The van der Waals surface area contributed by atoms with Gasteiger partial charge in [-0.05, 0) is 22.3 Å². The highest BCUT2D eigenvalue weighted by Crippen LogP contribution is 2.33. The molecule has 1 fully saturated rings. The molecule has 1 heterocycles. The van der Waals surface area contributed by atoms with Crippen LogP contribution in [0.15, 0.2) is 152 Å². The van der Waals surface area contributed by atoms with E-state index in [4.69, 9.17) is 23.7 Å². The van der Waals surface area contributed by atoms with E-state index in [9.17, 15) is 4.79 Å². The minimum absolute atomic E-state index is 0.0247. The van der Waals surface area contributed by atoms with Crippen molar-refractivity contribution in [3.8, 4) is 0 Å². The molecule has 5 atom stereocenters. The molecule has 246 valence electrons. The second-order valence-corrected chi connectivity index (χ2v) is 12.0. The Bertz CT molecular complexity index is 1630. The van der Waals surface area contributed by atoms with Gasteiger partial charge < -0.3 is 23.7 Å². The Morgan fingerprint density at radius 1 is 0.458 bits per heavy atom. The predicted octanol–water partition coefficient (Wildman–Crippen LogP) is 8.00. The van der Waals surface area contributed by atoms with E-state index in [-0.39, 0.29) is 18.8 Å². The summed E-state index contributed by atoms with van der Waals surface area (Å²) >= 11 is 0. The molecule has 6 rings (SSSR count). The van der Waals surface area contributed by atoms with E-state index in [1.807, 2.05) is 152 Å². The predicted molar refractivity (Wildman–Crippen MR) is 185 cm³/mol. The Morgan fingerprint density at radius 3 is 1.29 bits per heavy atom. The third-order valence-electron chi connectivity index (χ3n) is 8.46. The minimum atomic E-state index is -0.607. The van der Waals surface area contributed by atoms with E-state index in [0.717, 1.165) is 22.3 Å². The van der Waals surface area contributed by atoms with Crippen LogP contribution >= 0.6 is 0 Å². The molecule has 1 aliphatic heterocycles. The summed E-state index contributed by atoms with van der Waals surface area (Å²) in [7, 11) is 0. The molecule has 0 unspecified atom stereocenters. The zero-order valence-corrected chi connectivity index (χ0v) is 27.0. The molecule has 0 bridgehead atoms. The number of hydrogen-bond donors (Lipinski definition) is 0. The SMILES string of the molecule is O=C(C[C@@H]1O[C@H](COCc2ccccc2)[C@H](OCc2ccccc2)[C@H](OCc2ccccc2)[C@H]1OCc1ccccc1)c1ccccc1. The molecule has 48 heavy (non-hydrogen) atoms. The van der Waals surface area contributed by atoms with Crippen LogP contribution in [0.3, 0.4) is 0 Å². The molecule has 0 aliphatic carbocycles. The van der Waals surface area contributed by atoms with E-state index < -0.39 is 30.5 Å².